The van der Waals surface area contributed by atoms with E-state index in [0.29, 0.717) is 17.9 Å². The number of rotatable bonds is 3. The average Bonchev–Trinajstić information content (AvgIpc) is 2.46. The van der Waals surface area contributed by atoms with E-state index < -0.39 is 0 Å². The third-order valence-corrected chi connectivity index (χ3v) is 3.87. The topological polar surface area (TPSA) is 55.6 Å². The predicted octanol–water partition coefficient (Wildman–Crippen LogP) is 2.04. The second kappa shape index (κ2) is 6.06. The summed E-state index contributed by atoms with van der Waals surface area (Å²) in [6.07, 6.45) is 3.16. The maximum Gasteiger partial charge on any atom is 0.258 e. The molecule has 4 heteroatoms. The second-order valence-corrected chi connectivity index (χ2v) is 5.08. The van der Waals surface area contributed by atoms with Crippen LogP contribution in [0.1, 0.15) is 36.5 Å². The molecule has 1 saturated heterocycles. The van der Waals surface area contributed by atoms with Crippen LogP contribution < -0.4 is 10.5 Å². The number of nitrogens with two attached hydrogens (primary N) is 1. The van der Waals surface area contributed by atoms with Crippen molar-refractivity contribution >= 4 is 5.91 Å². The summed E-state index contributed by atoms with van der Waals surface area (Å²) in [6, 6.07) is 7.74. The Morgan fingerprint density at radius 2 is 2.16 bits per heavy atom. The van der Waals surface area contributed by atoms with E-state index in [-0.39, 0.29) is 18.0 Å². The van der Waals surface area contributed by atoms with E-state index in [4.69, 9.17) is 10.5 Å². The SMILES string of the molecule is COc1ccccc1C(=O)N1C(C)CCCC1CN. The number of benzene rings is 1. The predicted molar refractivity (Wildman–Crippen MR) is 75.3 cm³/mol. The van der Waals surface area contributed by atoms with E-state index in [0.717, 1.165) is 19.3 Å². The Kier molecular flexibility index (Phi) is 4.43. The molecule has 0 bridgehead atoms. The first-order chi connectivity index (χ1) is 9.19. The van der Waals surface area contributed by atoms with Gasteiger partial charge in [-0.25, -0.2) is 0 Å². The quantitative estimate of drug-likeness (QED) is 0.907. The minimum Gasteiger partial charge on any atom is -0.496 e. The zero-order chi connectivity index (χ0) is 13.8. The minimum atomic E-state index is 0.0279. The molecule has 104 valence electrons. The molecule has 0 saturated carbocycles. The van der Waals surface area contributed by atoms with Gasteiger partial charge in [-0.3, -0.25) is 4.79 Å². The number of piperidine rings is 1. The fraction of sp³-hybridized carbons (Fsp3) is 0.533. The van der Waals surface area contributed by atoms with Gasteiger partial charge in [-0.05, 0) is 38.3 Å². The molecule has 0 aliphatic carbocycles. The van der Waals surface area contributed by atoms with Crippen molar-refractivity contribution in [2.75, 3.05) is 13.7 Å². The van der Waals surface area contributed by atoms with Crippen LogP contribution in [0.15, 0.2) is 24.3 Å². The van der Waals surface area contributed by atoms with E-state index in [1.54, 1.807) is 7.11 Å². The molecule has 19 heavy (non-hydrogen) atoms. The first-order valence-corrected chi connectivity index (χ1v) is 6.84. The molecule has 0 spiro atoms. The van der Waals surface area contributed by atoms with Crippen LogP contribution in [0.2, 0.25) is 0 Å². The van der Waals surface area contributed by atoms with Crippen LogP contribution in [-0.2, 0) is 0 Å². The summed E-state index contributed by atoms with van der Waals surface area (Å²) in [6.45, 7) is 2.61. The molecule has 1 aromatic rings. The van der Waals surface area contributed by atoms with Gasteiger partial charge in [-0.15, -0.1) is 0 Å². The van der Waals surface area contributed by atoms with Gasteiger partial charge in [-0.2, -0.15) is 0 Å². The monoisotopic (exact) mass is 262 g/mol. The highest BCUT2D eigenvalue weighted by Crippen LogP contribution is 2.27. The number of hydrogen-bond acceptors (Lipinski definition) is 3. The van der Waals surface area contributed by atoms with Crippen molar-refractivity contribution in [2.45, 2.75) is 38.3 Å². The largest absolute Gasteiger partial charge is 0.496 e. The molecular formula is C15H22N2O2. The lowest BCUT2D eigenvalue weighted by atomic mass is 9.95. The van der Waals surface area contributed by atoms with Gasteiger partial charge in [0.2, 0.25) is 0 Å². The van der Waals surface area contributed by atoms with Gasteiger partial charge in [0, 0.05) is 18.6 Å². The lowest BCUT2D eigenvalue weighted by Crippen LogP contribution is -2.51. The van der Waals surface area contributed by atoms with Crippen LogP contribution in [0.25, 0.3) is 0 Å². The average molecular weight is 262 g/mol. The fourth-order valence-electron chi connectivity index (χ4n) is 2.84. The lowest BCUT2D eigenvalue weighted by molar-refractivity contribution is 0.0491. The zero-order valence-corrected chi connectivity index (χ0v) is 11.6. The summed E-state index contributed by atoms with van der Waals surface area (Å²) in [4.78, 5) is 14.7. The van der Waals surface area contributed by atoms with Gasteiger partial charge >= 0.3 is 0 Å². The van der Waals surface area contributed by atoms with Crippen molar-refractivity contribution in [1.82, 2.24) is 4.90 Å². The number of ether oxygens (including phenoxy) is 1. The van der Waals surface area contributed by atoms with Crippen LogP contribution in [0.3, 0.4) is 0 Å². The summed E-state index contributed by atoms with van der Waals surface area (Å²) in [7, 11) is 1.59. The number of para-hydroxylation sites is 1. The fourth-order valence-corrected chi connectivity index (χ4v) is 2.84. The molecule has 0 aromatic heterocycles. The molecule has 2 rings (SSSR count). The second-order valence-electron chi connectivity index (χ2n) is 5.08. The standard InChI is InChI=1S/C15H22N2O2/c1-11-6-5-7-12(10-16)17(11)15(18)13-8-3-4-9-14(13)19-2/h3-4,8-9,11-12H,5-7,10,16H2,1-2H3. The summed E-state index contributed by atoms with van der Waals surface area (Å²) in [5.74, 6) is 0.654. The van der Waals surface area contributed by atoms with Gasteiger partial charge in [0.05, 0.1) is 12.7 Å². The zero-order valence-electron chi connectivity index (χ0n) is 11.6. The van der Waals surface area contributed by atoms with E-state index in [1.165, 1.54) is 0 Å². The first kappa shape index (κ1) is 13.9. The van der Waals surface area contributed by atoms with Gasteiger partial charge < -0.3 is 15.4 Å². The molecular weight excluding hydrogens is 240 g/mol. The lowest BCUT2D eigenvalue weighted by Gasteiger charge is -2.40. The van der Waals surface area contributed by atoms with Crippen LogP contribution >= 0.6 is 0 Å². The number of nitrogens with zero attached hydrogens (tertiary/aromatic N) is 1. The number of carbonyl (C=O) groups is 1. The van der Waals surface area contributed by atoms with Crippen LogP contribution in [0.4, 0.5) is 0 Å². The summed E-state index contributed by atoms with van der Waals surface area (Å²) >= 11 is 0. The van der Waals surface area contributed by atoms with Gasteiger partial charge in [0.25, 0.3) is 5.91 Å². The number of hydrogen-bond donors (Lipinski definition) is 1. The van der Waals surface area contributed by atoms with Crippen molar-refractivity contribution in [3.05, 3.63) is 29.8 Å². The van der Waals surface area contributed by atoms with Crippen molar-refractivity contribution in [2.24, 2.45) is 5.73 Å². The van der Waals surface area contributed by atoms with Crippen molar-refractivity contribution in [1.29, 1.82) is 0 Å². The number of carbonyl (C=O) groups excluding carboxylic acids is 1. The molecule has 2 N–H and O–H groups in total. The highest BCUT2D eigenvalue weighted by atomic mass is 16.5. The number of methoxy groups -OCH3 is 1. The maximum atomic E-state index is 12.7. The molecule has 1 aromatic carbocycles. The number of likely N-dealkylation sites (tertiary alicyclic amines) is 1. The van der Waals surface area contributed by atoms with Gasteiger partial charge in [0.1, 0.15) is 5.75 Å². The minimum absolute atomic E-state index is 0.0279. The van der Waals surface area contributed by atoms with Crippen molar-refractivity contribution in [3.8, 4) is 5.75 Å². The van der Waals surface area contributed by atoms with E-state index in [9.17, 15) is 4.79 Å². The Bertz CT molecular complexity index is 448. The van der Waals surface area contributed by atoms with Crippen LogP contribution in [-0.4, -0.2) is 36.5 Å². The van der Waals surface area contributed by atoms with E-state index in [2.05, 4.69) is 6.92 Å². The Labute approximate surface area is 114 Å². The van der Waals surface area contributed by atoms with Gasteiger partial charge in [0.15, 0.2) is 0 Å². The number of amides is 1. The summed E-state index contributed by atoms with van der Waals surface area (Å²) < 4.78 is 5.28. The molecule has 2 unspecified atom stereocenters. The Morgan fingerprint density at radius 3 is 2.84 bits per heavy atom. The molecule has 1 aliphatic heterocycles. The van der Waals surface area contributed by atoms with Crippen LogP contribution in [0, 0.1) is 0 Å². The highest BCUT2D eigenvalue weighted by molar-refractivity contribution is 5.97. The normalized spacial score (nSPS) is 23.2. The van der Waals surface area contributed by atoms with Crippen molar-refractivity contribution < 1.29 is 9.53 Å². The molecule has 2 atom stereocenters. The molecule has 1 amide bonds. The molecule has 0 radical (unpaired) electrons. The van der Waals surface area contributed by atoms with Gasteiger partial charge in [-0.1, -0.05) is 12.1 Å². The Hall–Kier alpha value is -1.55. The highest BCUT2D eigenvalue weighted by Gasteiger charge is 2.32. The molecule has 1 heterocycles. The molecule has 1 fully saturated rings. The van der Waals surface area contributed by atoms with E-state index >= 15 is 0 Å². The maximum absolute atomic E-state index is 12.7. The Balaban J connectivity index is 2.30. The third-order valence-electron chi connectivity index (χ3n) is 3.87. The Morgan fingerprint density at radius 1 is 1.42 bits per heavy atom. The molecule has 1 aliphatic rings. The van der Waals surface area contributed by atoms with E-state index in [1.807, 2.05) is 29.2 Å². The summed E-state index contributed by atoms with van der Waals surface area (Å²) in [5.41, 5.74) is 6.44. The first-order valence-electron chi connectivity index (χ1n) is 6.84. The smallest absolute Gasteiger partial charge is 0.258 e. The molecule has 4 nitrogen and oxygen atoms in total. The van der Waals surface area contributed by atoms with Crippen LogP contribution in [0.5, 0.6) is 5.75 Å². The van der Waals surface area contributed by atoms with Crippen molar-refractivity contribution in [3.63, 3.8) is 0 Å². The summed E-state index contributed by atoms with van der Waals surface area (Å²) in [5, 5.41) is 0. The third kappa shape index (κ3) is 2.73.